The highest BCUT2D eigenvalue weighted by Gasteiger charge is 2.33. The molecule has 0 bridgehead atoms. The molecule has 4 heteroatoms. The third kappa shape index (κ3) is 3.64. The molecule has 0 spiro atoms. The molecule has 0 saturated heterocycles. The average Bonchev–Trinajstić information content (AvgIpc) is 2.98. The molecule has 1 aliphatic carbocycles. The van der Waals surface area contributed by atoms with Crippen molar-refractivity contribution < 1.29 is 9.18 Å². The number of benzene rings is 1. The van der Waals surface area contributed by atoms with Gasteiger partial charge in [-0.1, -0.05) is 49.8 Å². The molecule has 1 amide bonds. The van der Waals surface area contributed by atoms with Crippen molar-refractivity contribution in [2.75, 3.05) is 0 Å². The molecule has 0 N–H and O–H groups in total. The lowest BCUT2D eigenvalue weighted by Gasteiger charge is -2.36. The molecular weight excluding hydrogens is 327 g/mol. The summed E-state index contributed by atoms with van der Waals surface area (Å²) in [5.74, 6) is -0.107. The first-order chi connectivity index (χ1) is 12.3. The number of hydrogen-bond acceptors (Lipinski definition) is 2. The minimum Gasteiger partial charge on any atom is -0.273 e. The number of nitrogens with zero attached hydrogens (tertiary/aromatic N) is 2. The topological polar surface area (TPSA) is 32.7 Å². The molecule has 0 saturated carbocycles. The van der Waals surface area contributed by atoms with Crippen molar-refractivity contribution in [2.45, 2.75) is 53.0 Å². The number of halogens is 1. The van der Waals surface area contributed by atoms with E-state index in [2.05, 4.69) is 38.0 Å². The van der Waals surface area contributed by atoms with Gasteiger partial charge in [0.15, 0.2) is 0 Å². The van der Waals surface area contributed by atoms with Crippen LogP contribution in [0.1, 0.15) is 58.6 Å². The molecule has 2 atom stereocenters. The van der Waals surface area contributed by atoms with Crippen molar-refractivity contribution in [1.29, 1.82) is 0 Å². The van der Waals surface area contributed by atoms with Crippen molar-refractivity contribution in [2.24, 2.45) is 16.4 Å². The van der Waals surface area contributed by atoms with Crippen molar-refractivity contribution >= 4 is 11.6 Å². The summed E-state index contributed by atoms with van der Waals surface area (Å²) in [6.45, 7) is 8.23. The van der Waals surface area contributed by atoms with Gasteiger partial charge in [0.2, 0.25) is 5.91 Å². The first-order valence-corrected chi connectivity index (χ1v) is 9.26. The maximum atomic E-state index is 14.2. The van der Waals surface area contributed by atoms with Gasteiger partial charge in [0, 0.05) is 24.8 Å². The Labute approximate surface area is 155 Å². The van der Waals surface area contributed by atoms with Gasteiger partial charge < -0.3 is 0 Å². The second-order valence-electron chi connectivity index (χ2n) is 8.01. The van der Waals surface area contributed by atoms with Crippen LogP contribution >= 0.6 is 0 Å². The molecule has 3 rings (SSSR count). The summed E-state index contributed by atoms with van der Waals surface area (Å²) >= 11 is 0. The van der Waals surface area contributed by atoms with Crippen LogP contribution in [0.3, 0.4) is 0 Å². The minimum atomic E-state index is -0.371. The van der Waals surface area contributed by atoms with Crippen LogP contribution in [0.4, 0.5) is 4.39 Å². The van der Waals surface area contributed by atoms with Crippen molar-refractivity contribution in [3.8, 4) is 0 Å². The Morgan fingerprint density at radius 2 is 2.08 bits per heavy atom. The third-order valence-corrected chi connectivity index (χ3v) is 5.59. The number of hydrogen-bond donors (Lipinski definition) is 0. The van der Waals surface area contributed by atoms with E-state index in [-0.39, 0.29) is 23.2 Å². The van der Waals surface area contributed by atoms with Crippen molar-refractivity contribution in [3.63, 3.8) is 0 Å². The van der Waals surface area contributed by atoms with Crippen LogP contribution in [-0.2, 0) is 4.79 Å². The molecule has 1 aromatic carbocycles. The number of hydrazone groups is 1. The van der Waals surface area contributed by atoms with E-state index in [0.29, 0.717) is 17.9 Å². The van der Waals surface area contributed by atoms with Gasteiger partial charge >= 0.3 is 0 Å². The highest BCUT2D eigenvalue weighted by molar-refractivity contribution is 5.98. The Kier molecular flexibility index (Phi) is 5.12. The second kappa shape index (κ2) is 7.18. The molecule has 2 aliphatic rings. The molecule has 1 aromatic rings. The van der Waals surface area contributed by atoms with Gasteiger partial charge in [-0.05, 0) is 37.3 Å². The van der Waals surface area contributed by atoms with E-state index >= 15 is 0 Å². The third-order valence-electron chi connectivity index (χ3n) is 5.59. The second-order valence-corrected chi connectivity index (χ2v) is 8.01. The molecule has 1 aliphatic heterocycles. The lowest BCUT2D eigenvalue weighted by molar-refractivity contribution is -0.130. The highest BCUT2D eigenvalue weighted by Crippen LogP contribution is 2.42. The van der Waals surface area contributed by atoms with E-state index in [9.17, 15) is 9.18 Å². The van der Waals surface area contributed by atoms with Gasteiger partial charge in [-0.25, -0.2) is 9.40 Å². The fourth-order valence-electron chi connectivity index (χ4n) is 4.10. The Morgan fingerprint density at radius 3 is 2.73 bits per heavy atom. The van der Waals surface area contributed by atoms with Gasteiger partial charge in [-0.15, -0.1) is 0 Å². The van der Waals surface area contributed by atoms with Crippen LogP contribution in [0, 0.1) is 17.2 Å². The Hall–Kier alpha value is -2.23. The number of amides is 1. The van der Waals surface area contributed by atoms with Crippen LogP contribution in [0.2, 0.25) is 0 Å². The van der Waals surface area contributed by atoms with E-state index in [4.69, 9.17) is 0 Å². The summed E-state index contributed by atoms with van der Waals surface area (Å²) in [6.07, 6.45) is 9.34. The van der Waals surface area contributed by atoms with E-state index in [1.807, 2.05) is 6.08 Å². The SMILES string of the molecule is CC(=O)N1N=C(C=CC2C(C)=CCCC2(C)C)CC1c1ccccc1F. The maximum absolute atomic E-state index is 14.2. The summed E-state index contributed by atoms with van der Waals surface area (Å²) in [6, 6.07) is 6.25. The van der Waals surface area contributed by atoms with Gasteiger partial charge in [0.25, 0.3) is 0 Å². The fourth-order valence-corrected chi connectivity index (χ4v) is 4.10. The van der Waals surface area contributed by atoms with Crippen LogP contribution < -0.4 is 0 Å². The Bertz CT molecular complexity index is 791. The van der Waals surface area contributed by atoms with Gasteiger partial charge in [0.05, 0.1) is 11.8 Å². The van der Waals surface area contributed by atoms with E-state index in [1.54, 1.807) is 18.2 Å². The van der Waals surface area contributed by atoms with Crippen LogP contribution in [0.25, 0.3) is 0 Å². The lowest BCUT2D eigenvalue weighted by atomic mass is 9.68. The molecule has 0 aromatic heterocycles. The summed E-state index contributed by atoms with van der Waals surface area (Å²) < 4.78 is 14.2. The van der Waals surface area contributed by atoms with Crippen LogP contribution in [0.5, 0.6) is 0 Å². The van der Waals surface area contributed by atoms with Gasteiger partial charge in [-0.2, -0.15) is 5.10 Å². The molecule has 1 heterocycles. The average molecular weight is 354 g/mol. The Balaban J connectivity index is 1.84. The number of carbonyl (C=O) groups excluding carboxylic acids is 1. The first-order valence-electron chi connectivity index (χ1n) is 9.26. The standard InChI is InChI=1S/C22H27FN2O/c1-15-8-7-13-22(3,4)19(15)12-11-17-14-21(25(24-17)16(2)26)18-9-5-6-10-20(18)23/h5-6,8-12,19,21H,7,13-14H2,1-4H3. The molecule has 138 valence electrons. The lowest BCUT2D eigenvalue weighted by Crippen LogP contribution is -2.26. The monoisotopic (exact) mass is 354 g/mol. The van der Waals surface area contributed by atoms with E-state index < -0.39 is 0 Å². The van der Waals surface area contributed by atoms with E-state index in [0.717, 1.165) is 18.6 Å². The van der Waals surface area contributed by atoms with E-state index in [1.165, 1.54) is 23.6 Å². The number of allylic oxidation sites excluding steroid dienone is 4. The maximum Gasteiger partial charge on any atom is 0.240 e. The summed E-state index contributed by atoms with van der Waals surface area (Å²) in [4.78, 5) is 12.0. The largest absolute Gasteiger partial charge is 0.273 e. The summed E-state index contributed by atoms with van der Waals surface area (Å²) in [7, 11) is 0. The zero-order valence-electron chi connectivity index (χ0n) is 16.0. The van der Waals surface area contributed by atoms with Crippen molar-refractivity contribution in [1.82, 2.24) is 5.01 Å². The van der Waals surface area contributed by atoms with Gasteiger partial charge in [-0.3, -0.25) is 4.79 Å². The predicted molar refractivity (Wildman–Crippen MR) is 103 cm³/mol. The predicted octanol–water partition coefficient (Wildman–Crippen LogP) is 5.41. The first kappa shape index (κ1) is 18.6. The normalized spacial score (nSPS) is 25.3. The number of carbonyl (C=O) groups is 1. The van der Waals surface area contributed by atoms with Gasteiger partial charge in [0.1, 0.15) is 5.82 Å². The smallest absolute Gasteiger partial charge is 0.240 e. The quantitative estimate of drug-likeness (QED) is 0.668. The molecule has 0 fully saturated rings. The summed E-state index contributed by atoms with van der Waals surface area (Å²) in [5.41, 5.74) is 2.93. The number of rotatable bonds is 3. The van der Waals surface area contributed by atoms with Crippen LogP contribution in [-0.4, -0.2) is 16.6 Å². The minimum absolute atomic E-state index is 0.171. The zero-order chi connectivity index (χ0) is 18.9. The zero-order valence-corrected chi connectivity index (χ0v) is 16.0. The Morgan fingerprint density at radius 1 is 1.35 bits per heavy atom. The molecule has 2 unspecified atom stereocenters. The molecular formula is C22H27FN2O. The highest BCUT2D eigenvalue weighted by atomic mass is 19.1. The molecule has 26 heavy (non-hydrogen) atoms. The molecule has 0 radical (unpaired) electrons. The van der Waals surface area contributed by atoms with Crippen LogP contribution in [0.15, 0.2) is 53.2 Å². The summed E-state index contributed by atoms with van der Waals surface area (Å²) in [5, 5.41) is 5.88. The van der Waals surface area contributed by atoms with Crippen molar-refractivity contribution in [3.05, 3.63) is 59.4 Å². The fraction of sp³-hybridized carbons (Fsp3) is 0.455. The molecule has 3 nitrogen and oxygen atoms in total.